The fraction of sp³-hybridized carbons (Fsp3) is 0.500. The number of hydrogen-bond acceptors (Lipinski definition) is 3. The van der Waals surface area contributed by atoms with Crippen LogP contribution < -0.4 is 5.32 Å². The van der Waals surface area contributed by atoms with E-state index in [-0.39, 0.29) is 5.91 Å². The molecule has 5 heteroatoms. The number of hydrogen-bond donors (Lipinski definition) is 1. The Kier molecular flexibility index (Phi) is 5.05. The molecule has 1 aromatic rings. The molecule has 2 rings (SSSR count). The molecule has 1 amide bonds. The van der Waals surface area contributed by atoms with E-state index in [2.05, 4.69) is 17.3 Å². The lowest BCUT2D eigenvalue weighted by Crippen LogP contribution is -2.47. The van der Waals surface area contributed by atoms with Gasteiger partial charge in [0.2, 0.25) is 5.91 Å². The maximum atomic E-state index is 12.0. The third-order valence-electron chi connectivity index (χ3n) is 3.35. The zero-order chi connectivity index (χ0) is 13.7. The monoisotopic (exact) mass is 281 g/mol. The Labute approximate surface area is 119 Å². The van der Waals surface area contributed by atoms with Gasteiger partial charge in [-0.15, -0.1) is 0 Å². The molecule has 1 aliphatic heterocycles. The number of halogens is 1. The smallest absolute Gasteiger partial charge is 0.224 e. The predicted molar refractivity (Wildman–Crippen MR) is 78.6 cm³/mol. The molecule has 0 aromatic heterocycles. The van der Waals surface area contributed by atoms with Gasteiger partial charge in [0.1, 0.15) is 0 Å². The second-order valence-corrected chi connectivity index (χ2v) is 5.31. The summed E-state index contributed by atoms with van der Waals surface area (Å²) >= 11 is 5.90. The van der Waals surface area contributed by atoms with Crippen molar-refractivity contribution in [1.82, 2.24) is 9.80 Å². The van der Waals surface area contributed by atoms with Gasteiger partial charge in [0, 0.05) is 49.9 Å². The van der Waals surface area contributed by atoms with Crippen molar-refractivity contribution in [2.24, 2.45) is 0 Å². The zero-order valence-electron chi connectivity index (χ0n) is 11.2. The summed E-state index contributed by atoms with van der Waals surface area (Å²) in [5.74, 6) is 0.225. The van der Waals surface area contributed by atoms with Crippen molar-refractivity contribution in [2.75, 3.05) is 45.1 Å². The summed E-state index contributed by atoms with van der Waals surface area (Å²) in [4.78, 5) is 16.2. The number of nitrogens with one attached hydrogen (secondary N) is 1. The summed E-state index contributed by atoms with van der Waals surface area (Å²) in [5.41, 5.74) is 0.957. The van der Waals surface area contributed by atoms with Gasteiger partial charge < -0.3 is 15.1 Å². The lowest BCUT2D eigenvalue weighted by molar-refractivity contribution is -0.132. The van der Waals surface area contributed by atoms with Crippen LogP contribution in [0.4, 0.5) is 5.69 Å². The van der Waals surface area contributed by atoms with Crippen molar-refractivity contribution >= 4 is 23.2 Å². The molecule has 104 valence electrons. The molecule has 0 radical (unpaired) electrons. The second-order valence-electron chi connectivity index (χ2n) is 4.87. The van der Waals surface area contributed by atoms with Crippen LogP contribution in [0.5, 0.6) is 0 Å². The van der Waals surface area contributed by atoms with Gasteiger partial charge in [0.25, 0.3) is 0 Å². The lowest BCUT2D eigenvalue weighted by Gasteiger charge is -2.32. The van der Waals surface area contributed by atoms with E-state index in [1.54, 1.807) is 0 Å². The first kappa shape index (κ1) is 14.2. The summed E-state index contributed by atoms with van der Waals surface area (Å²) in [6, 6.07) is 7.54. The Morgan fingerprint density at radius 3 is 2.74 bits per heavy atom. The SMILES string of the molecule is CN1CCN(C(=O)CCNc2cccc(Cl)c2)CC1. The highest BCUT2D eigenvalue weighted by molar-refractivity contribution is 6.30. The van der Waals surface area contributed by atoms with Gasteiger partial charge in [-0.1, -0.05) is 17.7 Å². The van der Waals surface area contributed by atoms with Gasteiger partial charge in [0.05, 0.1) is 0 Å². The van der Waals surface area contributed by atoms with Crippen molar-refractivity contribution in [2.45, 2.75) is 6.42 Å². The maximum Gasteiger partial charge on any atom is 0.224 e. The number of amides is 1. The van der Waals surface area contributed by atoms with Crippen molar-refractivity contribution in [1.29, 1.82) is 0 Å². The number of piperazine rings is 1. The van der Waals surface area contributed by atoms with Gasteiger partial charge in [-0.25, -0.2) is 0 Å². The van der Waals surface area contributed by atoms with Crippen LogP contribution in [0.2, 0.25) is 5.02 Å². The summed E-state index contributed by atoms with van der Waals surface area (Å²) in [6.07, 6.45) is 0.524. The number of carbonyl (C=O) groups excluding carboxylic acids is 1. The molecule has 19 heavy (non-hydrogen) atoms. The van der Waals surface area contributed by atoms with Gasteiger partial charge in [-0.3, -0.25) is 4.79 Å². The molecule has 0 bridgehead atoms. The van der Waals surface area contributed by atoms with Gasteiger partial charge in [-0.05, 0) is 25.2 Å². The van der Waals surface area contributed by atoms with Crippen molar-refractivity contribution in [3.05, 3.63) is 29.3 Å². The van der Waals surface area contributed by atoms with Crippen LogP contribution in [0.1, 0.15) is 6.42 Å². The highest BCUT2D eigenvalue weighted by atomic mass is 35.5. The van der Waals surface area contributed by atoms with Gasteiger partial charge in [0.15, 0.2) is 0 Å². The maximum absolute atomic E-state index is 12.0. The van der Waals surface area contributed by atoms with E-state index in [1.807, 2.05) is 29.2 Å². The molecule has 0 atom stereocenters. The molecular weight excluding hydrogens is 262 g/mol. The molecule has 4 nitrogen and oxygen atoms in total. The van der Waals surface area contributed by atoms with Crippen LogP contribution in [0, 0.1) is 0 Å². The van der Waals surface area contributed by atoms with Crippen LogP contribution >= 0.6 is 11.6 Å². The topological polar surface area (TPSA) is 35.6 Å². The minimum Gasteiger partial charge on any atom is -0.384 e. The molecular formula is C14H20ClN3O. The van der Waals surface area contributed by atoms with Crippen LogP contribution in [-0.2, 0) is 4.79 Å². The van der Waals surface area contributed by atoms with E-state index in [9.17, 15) is 4.79 Å². The lowest BCUT2D eigenvalue weighted by atomic mass is 10.2. The molecule has 0 unspecified atom stereocenters. The summed E-state index contributed by atoms with van der Waals surface area (Å²) < 4.78 is 0. The van der Waals surface area contributed by atoms with Crippen molar-refractivity contribution in [3.8, 4) is 0 Å². The van der Waals surface area contributed by atoms with Crippen LogP contribution in [-0.4, -0.2) is 55.5 Å². The molecule has 1 saturated heterocycles. The fourth-order valence-electron chi connectivity index (χ4n) is 2.13. The highest BCUT2D eigenvalue weighted by Gasteiger charge is 2.18. The number of rotatable bonds is 4. The molecule has 1 aliphatic rings. The highest BCUT2D eigenvalue weighted by Crippen LogP contribution is 2.14. The summed E-state index contributed by atoms with van der Waals surface area (Å²) in [6.45, 7) is 4.26. The number of benzene rings is 1. The Morgan fingerprint density at radius 2 is 2.05 bits per heavy atom. The van der Waals surface area contributed by atoms with E-state index in [0.717, 1.165) is 31.9 Å². The number of anilines is 1. The Bertz CT molecular complexity index is 430. The van der Waals surface area contributed by atoms with E-state index < -0.39 is 0 Å². The zero-order valence-corrected chi connectivity index (χ0v) is 12.0. The molecule has 0 aliphatic carbocycles. The van der Waals surface area contributed by atoms with Crippen LogP contribution in [0.25, 0.3) is 0 Å². The molecule has 1 N–H and O–H groups in total. The quantitative estimate of drug-likeness (QED) is 0.916. The van der Waals surface area contributed by atoms with Gasteiger partial charge in [-0.2, -0.15) is 0 Å². The molecule has 0 spiro atoms. The van der Waals surface area contributed by atoms with E-state index in [4.69, 9.17) is 11.6 Å². The van der Waals surface area contributed by atoms with Crippen LogP contribution in [0.15, 0.2) is 24.3 Å². The minimum atomic E-state index is 0.225. The number of likely N-dealkylation sites (N-methyl/N-ethyl adjacent to an activating group) is 1. The molecule has 1 aromatic carbocycles. The average molecular weight is 282 g/mol. The fourth-order valence-corrected chi connectivity index (χ4v) is 2.32. The standard InChI is InChI=1S/C14H20ClN3O/c1-17-7-9-18(10-8-17)14(19)5-6-16-13-4-2-3-12(15)11-13/h2-4,11,16H,5-10H2,1H3. The summed E-state index contributed by atoms with van der Waals surface area (Å²) in [5, 5.41) is 3.93. The first-order valence-corrected chi connectivity index (χ1v) is 6.99. The molecule has 0 saturated carbocycles. The average Bonchev–Trinajstić information content (AvgIpc) is 2.39. The Hall–Kier alpha value is -1.26. The third kappa shape index (κ3) is 4.40. The van der Waals surface area contributed by atoms with E-state index >= 15 is 0 Å². The predicted octanol–water partition coefficient (Wildman–Crippen LogP) is 1.92. The minimum absolute atomic E-state index is 0.225. The summed E-state index contributed by atoms with van der Waals surface area (Å²) in [7, 11) is 2.09. The van der Waals surface area contributed by atoms with E-state index in [1.165, 1.54) is 0 Å². The largest absolute Gasteiger partial charge is 0.384 e. The first-order chi connectivity index (χ1) is 9.15. The second kappa shape index (κ2) is 6.78. The Morgan fingerprint density at radius 1 is 1.32 bits per heavy atom. The van der Waals surface area contributed by atoms with Crippen molar-refractivity contribution < 1.29 is 4.79 Å². The first-order valence-electron chi connectivity index (χ1n) is 6.61. The third-order valence-corrected chi connectivity index (χ3v) is 3.58. The molecule has 1 fully saturated rings. The normalized spacial score (nSPS) is 16.4. The molecule has 1 heterocycles. The number of carbonyl (C=O) groups is 1. The van der Waals surface area contributed by atoms with E-state index in [0.29, 0.717) is 18.0 Å². The van der Waals surface area contributed by atoms with Gasteiger partial charge >= 0.3 is 0 Å². The van der Waals surface area contributed by atoms with Crippen LogP contribution in [0.3, 0.4) is 0 Å². The van der Waals surface area contributed by atoms with Crippen molar-refractivity contribution in [3.63, 3.8) is 0 Å². The Balaban J connectivity index is 1.72. The number of nitrogens with zero attached hydrogens (tertiary/aromatic N) is 2.